The number of rotatable bonds is 21. The molecule has 0 aromatic rings. The van der Waals surface area contributed by atoms with Crippen LogP contribution in [0.1, 0.15) is 51.4 Å². The predicted molar refractivity (Wildman–Crippen MR) is 108 cm³/mol. The van der Waals surface area contributed by atoms with Gasteiger partial charge in [0.15, 0.2) is 0 Å². The number of carbonyl (C=O) groups excluding carboxylic acids is 2. The Kier molecular flexibility index (Phi) is 21.1. The number of amides is 2. The van der Waals surface area contributed by atoms with Gasteiger partial charge in [-0.25, -0.2) is 0 Å². The number of hydrogen-bond acceptors (Lipinski definition) is 6. The first-order chi connectivity index (χ1) is 13.7. The Labute approximate surface area is 170 Å². The van der Waals surface area contributed by atoms with Crippen LogP contribution in [0.25, 0.3) is 0 Å². The summed E-state index contributed by atoms with van der Waals surface area (Å²) in [6, 6.07) is 0. The van der Waals surface area contributed by atoms with Crippen molar-refractivity contribution in [2.45, 2.75) is 51.4 Å². The second kappa shape index (κ2) is 22.1. The number of unbranched alkanes of at least 4 members (excludes halogenated alkanes) is 2. The van der Waals surface area contributed by atoms with Gasteiger partial charge in [-0.2, -0.15) is 0 Å². The minimum atomic E-state index is 0.0340. The lowest BCUT2D eigenvalue weighted by Gasteiger charge is -2.08. The number of carbonyl (C=O) groups is 2. The average Bonchev–Trinajstić information content (AvgIpc) is 2.70. The molecule has 2 N–H and O–H groups in total. The van der Waals surface area contributed by atoms with Crippen molar-refractivity contribution in [3.8, 4) is 0 Å². The Hall–Kier alpha value is -1.22. The molecule has 0 saturated heterocycles. The molecule has 0 atom stereocenters. The molecular weight excluding hydrogens is 364 g/mol. The third-order valence-electron chi connectivity index (χ3n) is 3.95. The molecule has 0 rings (SSSR count). The van der Waals surface area contributed by atoms with Gasteiger partial charge in [0, 0.05) is 73.2 Å². The molecule has 0 spiro atoms. The summed E-state index contributed by atoms with van der Waals surface area (Å²) in [4.78, 5) is 22.7. The van der Waals surface area contributed by atoms with Crippen molar-refractivity contribution in [2.24, 2.45) is 0 Å². The smallest absolute Gasteiger partial charge is 0.220 e. The van der Waals surface area contributed by atoms with Gasteiger partial charge in [0.1, 0.15) is 0 Å². The molecule has 2 amide bonds. The summed E-state index contributed by atoms with van der Waals surface area (Å²) < 4.78 is 21.4. The van der Waals surface area contributed by atoms with Crippen molar-refractivity contribution in [1.29, 1.82) is 0 Å². The van der Waals surface area contributed by atoms with Gasteiger partial charge >= 0.3 is 0 Å². The number of nitrogens with one attached hydrogen (secondary N) is 2. The Balaban J connectivity index is 3.17. The molecule has 0 radical (unpaired) electrons. The Morgan fingerprint density at radius 3 is 1.86 bits per heavy atom. The Morgan fingerprint density at radius 2 is 1.18 bits per heavy atom. The van der Waals surface area contributed by atoms with Crippen LogP contribution in [0.15, 0.2) is 0 Å². The molecular formula is C20H40N2O6. The molecule has 28 heavy (non-hydrogen) atoms. The van der Waals surface area contributed by atoms with E-state index >= 15 is 0 Å². The molecule has 0 aromatic heterocycles. The molecule has 0 aromatic carbocycles. The summed E-state index contributed by atoms with van der Waals surface area (Å²) in [5.74, 6) is 0.106. The summed E-state index contributed by atoms with van der Waals surface area (Å²) in [5, 5.41) is 5.44. The summed E-state index contributed by atoms with van der Waals surface area (Å²) in [7, 11) is 3.34. The van der Waals surface area contributed by atoms with E-state index in [2.05, 4.69) is 10.6 Å². The van der Waals surface area contributed by atoms with Gasteiger partial charge in [-0.05, 0) is 38.5 Å². The van der Waals surface area contributed by atoms with Gasteiger partial charge in [0.05, 0.1) is 6.61 Å². The van der Waals surface area contributed by atoms with Crippen LogP contribution in [0.2, 0.25) is 0 Å². The van der Waals surface area contributed by atoms with E-state index in [1.54, 1.807) is 14.2 Å². The van der Waals surface area contributed by atoms with Gasteiger partial charge in [-0.1, -0.05) is 0 Å². The van der Waals surface area contributed by atoms with Crippen LogP contribution in [0.5, 0.6) is 0 Å². The maximum Gasteiger partial charge on any atom is 0.220 e. The molecule has 0 unspecified atom stereocenters. The zero-order valence-electron chi connectivity index (χ0n) is 17.8. The first-order valence-corrected chi connectivity index (χ1v) is 10.4. The van der Waals surface area contributed by atoms with Crippen molar-refractivity contribution in [1.82, 2.24) is 10.6 Å². The highest BCUT2D eigenvalue weighted by Gasteiger charge is 2.01. The quantitative estimate of drug-likeness (QED) is 0.283. The molecule has 0 aliphatic heterocycles. The predicted octanol–water partition coefficient (Wildman–Crippen LogP) is 1.67. The van der Waals surface area contributed by atoms with Crippen LogP contribution in [0.4, 0.5) is 0 Å². The topological polar surface area (TPSA) is 95.1 Å². The summed E-state index contributed by atoms with van der Waals surface area (Å²) >= 11 is 0. The van der Waals surface area contributed by atoms with E-state index in [1.807, 2.05) is 0 Å². The fraction of sp³-hybridized carbons (Fsp3) is 0.900. The van der Waals surface area contributed by atoms with Crippen molar-refractivity contribution in [3.63, 3.8) is 0 Å². The molecule has 0 heterocycles. The van der Waals surface area contributed by atoms with E-state index in [0.29, 0.717) is 52.4 Å². The fourth-order valence-corrected chi connectivity index (χ4v) is 2.32. The second-order valence-corrected chi connectivity index (χ2v) is 6.47. The molecule has 166 valence electrons. The van der Waals surface area contributed by atoms with Crippen molar-refractivity contribution < 1.29 is 28.5 Å². The van der Waals surface area contributed by atoms with Crippen LogP contribution >= 0.6 is 0 Å². The zero-order valence-corrected chi connectivity index (χ0v) is 17.8. The Morgan fingerprint density at radius 1 is 0.643 bits per heavy atom. The van der Waals surface area contributed by atoms with Crippen LogP contribution < -0.4 is 10.6 Å². The second-order valence-electron chi connectivity index (χ2n) is 6.47. The molecule has 8 nitrogen and oxygen atoms in total. The van der Waals surface area contributed by atoms with E-state index in [1.165, 1.54) is 0 Å². The third-order valence-corrected chi connectivity index (χ3v) is 3.95. The molecule has 0 saturated carbocycles. The van der Waals surface area contributed by atoms with Gasteiger partial charge in [-0.15, -0.1) is 0 Å². The highest BCUT2D eigenvalue weighted by Crippen LogP contribution is 1.97. The molecule has 0 bridgehead atoms. The van der Waals surface area contributed by atoms with E-state index in [4.69, 9.17) is 18.9 Å². The standard InChI is InChI=1S/C20H40N2O6/c1-21-19(23)9-3-4-13-27-16-8-17-28-18-11-22-20(24)10-7-15-26-14-6-5-12-25-2/h3-18H2,1-2H3,(H,21,23)(H,22,24). The zero-order chi connectivity index (χ0) is 20.7. The molecule has 0 aliphatic carbocycles. The summed E-state index contributed by atoms with van der Waals surface area (Å²) in [5.41, 5.74) is 0. The van der Waals surface area contributed by atoms with Gasteiger partial charge in [0.2, 0.25) is 11.8 Å². The van der Waals surface area contributed by atoms with Crippen molar-refractivity contribution in [2.75, 3.05) is 67.0 Å². The number of ether oxygens (including phenoxy) is 4. The van der Waals surface area contributed by atoms with E-state index in [-0.39, 0.29) is 11.8 Å². The SMILES string of the molecule is CNC(=O)CCCCOCCCOCCNC(=O)CCCOCCCCOC. The van der Waals surface area contributed by atoms with E-state index < -0.39 is 0 Å². The normalized spacial score (nSPS) is 10.8. The largest absolute Gasteiger partial charge is 0.385 e. The average molecular weight is 405 g/mol. The van der Waals surface area contributed by atoms with Crippen molar-refractivity contribution >= 4 is 11.8 Å². The third kappa shape index (κ3) is 21.1. The van der Waals surface area contributed by atoms with Crippen LogP contribution in [0, 0.1) is 0 Å². The Bertz CT molecular complexity index is 369. The molecule has 0 fully saturated rings. The first-order valence-electron chi connectivity index (χ1n) is 10.4. The van der Waals surface area contributed by atoms with E-state index in [0.717, 1.165) is 51.7 Å². The minimum Gasteiger partial charge on any atom is -0.385 e. The lowest BCUT2D eigenvalue weighted by molar-refractivity contribution is -0.122. The number of hydrogen-bond donors (Lipinski definition) is 2. The van der Waals surface area contributed by atoms with Gasteiger partial charge in [0.25, 0.3) is 0 Å². The van der Waals surface area contributed by atoms with Gasteiger partial charge < -0.3 is 29.6 Å². The molecule has 8 heteroatoms. The summed E-state index contributed by atoms with van der Waals surface area (Å²) in [6.45, 7) is 5.07. The minimum absolute atomic E-state index is 0.0340. The lowest BCUT2D eigenvalue weighted by Crippen LogP contribution is -2.27. The van der Waals surface area contributed by atoms with E-state index in [9.17, 15) is 9.59 Å². The van der Waals surface area contributed by atoms with Crippen LogP contribution in [-0.2, 0) is 28.5 Å². The first kappa shape index (κ1) is 26.8. The maximum absolute atomic E-state index is 11.7. The van der Waals surface area contributed by atoms with Crippen LogP contribution in [0.3, 0.4) is 0 Å². The number of methoxy groups -OCH3 is 1. The fourth-order valence-electron chi connectivity index (χ4n) is 2.32. The highest BCUT2D eigenvalue weighted by molar-refractivity contribution is 5.75. The van der Waals surface area contributed by atoms with Gasteiger partial charge in [-0.3, -0.25) is 9.59 Å². The summed E-state index contributed by atoms with van der Waals surface area (Å²) in [6.07, 6.45) is 6.31. The molecule has 0 aliphatic rings. The monoisotopic (exact) mass is 404 g/mol. The maximum atomic E-state index is 11.7. The van der Waals surface area contributed by atoms with Crippen LogP contribution in [-0.4, -0.2) is 78.8 Å². The van der Waals surface area contributed by atoms with Crippen molar-refractivity contribution in [3.05, 3.63) is 0 Å². The lowest BCUT2D eigenvalue weighted by atomic mass is 10.2. The highest BCUT2D eigenvalue weighted by atomic mass is 16.5.